The Hall–Kier alpha value is -2.63. The lowest BCUT2D eigenvalue weighted by molar-refractivity contribution is 0.0702. The Morgan fingerprint density at radius 2 is 1.65 bits per heavy atom. The number of hydrogen-bond acceptors (Lipinski definition) is 4. The van der Waals surface area contributed by atoms with E-state index in [1.54, 1.807) is 6.07 Å². The summed E-state index contributed by atoms with van der Waals surface area (Å²) in [5, 5.41) is 12.9. The van der Waals surface area contributed by atoms with Crippen LogP contribution in [0, 0.1) is 0 Å². The van der Waals surface area contributed by atoms with E-state index in [2.05, 4.69) is 71.1 Å². The van der Waals surface area contributed by atoms with Crippen molar-refractivity contribution in [1.82, 2.24) is 5.32 Å². The number of thiophene rings is 1. The highest BCUT2D eigenvalue weighted by atomic mass is 32.1. The Morgan fingerprint density at radius 3 is 2.32 bits per heavy atom. The maximum Gasteiger partial charge on any atom is 0.345 e. The molecule has 1 heterocycles. The summed E-state index contributed by atoms with van der Waals surface area (Å²) in [6.45, 7) is 15.4. The Bertz CT molecular complexity index is 1250. The molecule has 3 aromatic rings. The minimum Gasteiger partial charge on any atom is -0.493 e. The first-order valence-electron chi connectivity index (χ1n) is 13.5. The van der Waals surface area contributed by atoms with Gasteiger partial charge in [-0.3, -0.25) is 0 Å². The summed E-state index contributed by atoms with van der Waals surface area (Å²) in [6, 6.07) is 17.2. The van der Waals surface area contributed by atoms with Gasteiger partial charge in [-0.05, 0) is 95.6 Å². The Kier molecular flexibility index (Phi) is 8.15. The van der Waals surface area contributed by atoms with Gasteiger partial charge in [0, 0.05) is 16.5 Å². The van der Waals surface area contributed by atoms with Gasteiger partial charge in [0.2, 0.25) is 0 Å². The van der Waals surface area contributed by atoms with Crippen LogP contribution in [0.3, 0.4) is 0 Å². The zero-order valence-electron chi connectivity index (χ0n) is 23.1. The van der Waals surface area contributed by atoms with Crippen LogP contribution in [0.25, 0.3) is 21.6 Å². The summed E-state index contributed by atoms with van der Waals surface area (Å²) in [7, 11) is 0. The molecule has 0 fully saturated rings. The molecule has 0 saturated heterocycles. The van der Waals surface area contributed by atoms with E-state index in [0.29, 0.717) is 17.5 Å². The van der Waals surface area contributed by atoms with Crippen LogP contribution in [-0.2, 0) is 10.8 Å². The van der Waals surface area contributed by atoms with E-state index >= 15 is 0 Å². The standard InChI is InChI=1S/C32H41NO3S/c1-21(2)33-17-7-8-18-36-27-12-10-23(28-13-14-29(37-28)30(34)35)19-24(27)22-9-11-25-26(20-22)32(5,6)16-15-31(25,3)4/h9-14,19-21,33H,7-8,15-18H2,1-6H3,(H,34,35). The molecule has 5 heteroatoms. The van der Waals surface area contributed by atoms with Crippen LogP contribution in [0.4, 0.5) is 0 Å². The first-order valence-corrected chi connectivity index (χ1v) is 14.3. The van der Waals surface area contributed by atoms with Crippen molar-refractivity contribution < 1.29 is 14.6 Å². The summed E-state index contributed by atoms with van der Waals surface area (Å²) in [5.74, 6) is -0.00803. The highest BCUT2D eigenvalue weighted by Crippen LogP contribution is 2.47. The van der Waals surface area contributed by atoms with Gasteiger partial charge in [-0.15, -0.1) is 11.3 Å². The van der Waals surface area contributed by atoms with Gasteiger partial charge in [-0.1, -0.05) is 59.7 Å². The van der Waals surface area contributed by atoms with Gasteiger partial charge >= 0.3 is 5.97 Å². The molecular weight excluding hydrogens is 478 g/mol. The van der Waals surface area contributed by atoms with Gasteiger partial charge in [0.05, 0.1) is 6.61 Å². The molecule has 1 aliphatic rings. The van der Waals surface area contributed by atoms with E-state index < -0.39 is 5.97 Å². The molecule has 0 amide bonds. The van der Waals surface area contributed by atoms with Crippen molar-refractivity contribution in [2.75, 3.05) is 13.2 Å². The number of carboxylic acid groups (broad SMARTS) is 1. The summed E-state index contributed by atoms with van der Waals surface area (Å²) in [5.41, 5.74) is 6.36. The molecule has 37 heavy (non-hydrogen) atoms. The van der Waals surface area contributed by atoms with E-state index in [0.717, 1.165) is 53.1 Å². The summed E-state index contributed by atoms with van der Waals surface area (Å²) in [4.78, 5) is 12.8. The fourth-order valence-electron chi connectivity index (χ4n) is 5.20. The van der Waals surface area contributed by atoms with Crippen LogP contribution in [0.1, 0.15) is 88.0 Å². The van der Waals surface area contributed by atoms with E-state index in [9.17, 15) is 9.90 Å². The van der Waals surface area contributed by atoms with Gasteiger partial charge in [0.1, 0.15) is 10.6 Å². The number of benzene rings is 2. The molecule has 1 aromatic heterocycles. The van der Waals surface area contributed by atoms with Crippen LogP contribution < -0.4 is 10.1 Å². The van der Waals surface area contributed by atoms with Crippen molar-refractivity contribution in [3.63, 3.8) is 0 Å². The predicted molar refractivity (Wildman–Crippen MR) is 155 cm³/mol. The Balaban J connectivity index is 1.69. The lowest BCUT2D eigenvalue weighted by Crippen LogP contribution is -2.33. The minimum absolute atomic E-state index is 0.118. The number of aromatic carboxylic acids is 1. The van der Waals surface area contributed by atoms with Crippen LogP contribution in [0.5, 0.6) is 5.75 Å². The number of carbonyl (C=O) groups is 1. The smallest absolute Gasteiger partial charge is 0.345 e. The SMILES string of the molecule is CC(C)NCCCCOc1ccc(-c2ccc(C(=O)O)s2)cc1-c1ccc2c(c1)C(C)(C)CCC2(C)C. The van der Waals surface area contributed by atoms with E-state index in [1.807, 2.05) is 18.2 Å². The molecular formula is C32H41NO3S. The Labute approximate surface area is 226 Å². The maximum atomic E-state index is 11.5. The van der Waals surface area contributed by atoms with Gasteiger partial charge in [0.15, 0.2) is 0 Å². The molecule has 2 aromatic carbocycles. The van der Waals surface area contributed by atoms with Crippen LogP contribution in [0.2, 0.25) is 0 Å². The molecule has 4 rings (SSSR count). The number of fused-ring (bicyclic) bond motifs is 1. The predicted octanol–water partition coefficient (Wildman–Crippen LogP) is 8.29. The molecule has 198 valence electrons. The molecule has 0 bridgehead atoms. The summed E-state index contributed by atoms with van der Waals surface area (Å²) in [6.07, 6.45) is 4.41. The maximum absolute atomic E-state index is 11.5. The minimum atomic E-state index is -0.886. The molecule has 0 spiro atoms. The van der Waals surface area contributed by atoms with Crippen molar-refractivity contribution in [2.45, 2.75) is 84.1 Å². The van der Waals surface area contributed by atoms with Crippen molar-refractivity contribution in [3.8, 4) is 27.3 Å². The normalized spacial score (nSPS) is 16.0. The first kappa shape index (κ1) is 27.4. The Morgan fingerprint density at radius 1 is 0.946 bits per heavy atom. The van der Waals surface area contributed by atoms with Crippen LogP contribution >= 0.6 is 11.3 Å². The summed E-state index contributed by atoms with van der Waals surface area (Å²) < 4.78 is 6.35. The zero-order chi connectivity index (χ0) is 26.8. The number of hydrogen-bond donors (Lipinski definition) is 2. The fraction of sp³-hybridized carbons (Fsp3) is 0.469. The average Bonchev–Trinajstić information content (AvgIpc) is 3.35. The molecule has 0 aliphatic heterocycles. The van der Waals surface area contributed by atoms with Crippen molar-refractivity contribution in [2.24, 2.45) is 0 Å². The summed E-state index contributed by atoms with van der Waals surface area (Å²) >= 11 is 1.31. The third-order valence-electron chi connectivity index (χ3n) is 7.63. The van der Waals surface area contributed by atoms with Gasteiger partial charge in [-0.2, -0.15) is 0 Å². The van der Waals surface area contributed by atoms with Crippen molar-refractivity contribution in [1.29, 1.82) is 0 Å². The van der Waals surface area contributed by atoms with Crippen molar-refractivity contribution in [3.05, 3.63) is 64.5 Å². The average molecular weight is 520 g/mol. The quantitative estimate of drug-likeness (QED) is 0.265. The van der Waals surface area contributed by atoms with E-state index in [4.69, 9.17) is 4.74 Å². The molecule has 0 saturated carbocycles. The van der Waals surface area contributed by atoms with E-state index in [1.165, 1.54) is 28.9 Å². The fourth-order valence-corrected chi connectivity index (χ4v) is 6.04. The molecule has 0 radical (unpaired) electrons. The largest absolute Gasteiger partial charge is 0.493 e. The topological polar surface area (TPSA) is 58.6 Å². The van der Waals surface area contributed by atoms with Gasteiger partial charge in [-0.25, -0.2) is 4.79 Å². The number of unbranched alkanes of at least 4 members (excludes halogenated alkanes) is 1. The lowest BCUT2D eigenvalue weighted by Gasteiger charge is -2.42. The number of carboxylic acids is 1. The highest BCUT2D eigenvalue weighted by molar-refractivity contribution is 7.17. The molecule has 2 N–H and O–H groups in total. The number of ether oxygens (including phenoxy) is 1. The zero-order valence-corrected chi connectivity index (χ0v) is 23.9. The second-order valence-electron chi connectivity index (χ2n) is 11.9. The highest BCUT2D eigenvalue weighted by Gasteiger charge is 2.37. The molecule has 0 unspecified atom stereocenters. The number of rotatable bonds is 10. The molecule has 0 atom stereocenters. The monoisotopic (exact) mass is 519 g/mol. The van der Waals surface area contributed by atoms with Crippen molar-refractivity contribution >= 4 is 17.3 Å². The van der Waals surface area contributed by atoms with Gasteiger partial charge in [0.25, 0.3) is 0 Å². The van der Waals surface area contributed by atoms with Crippen LogP contribution in [-0.4, -0.2) is 30.3 Å². The number of nitrogens with one attached hydrogen (secondary N) is 1. The van der Waals surface area contributed by atoms with E-state index in [-0.39, 0.29) is 10.8 Å². The molecule has 4 nitrogen and oxygen atoms in total. The van der Waals surface area contributed by atoms with Gasteiger partial charge < -0.3 is 15.2 Å². The van der Waals surface area contributed by atoms with Crippen LogP contribution in [0.15, 0.2) is 48.5 Å². The molecule has 1 aliphatic carbocycles. The first-order chi connectivity index (χ1) is 17.5. The third kappa shape index (κ3) is 6.27. The lowest BCUT2D eigenvalue weighted by atomic mass is 9.63. The second-order valence-corrected chi connectivity index (χ2v) is 13.0. The third-order valence-corrected chi connectivity index (χ3v) is 8.75. The second kappa shape index (κ2) is 11.0.